The highest BCUT2D eigenvalue weighted by Crippen LogP contribution is 2.37. The van der Waals surface area contributed by atoms with Crippen molar-refractivity contribution < 1.29 is 22.4 Å². The Balaban J connectivity index is -0.00000103. The first kappa shape index (κ1) is 42.2. The number of nitrogens with two attached hydrogens (primary N) is 1. The highest BCUT2D eigenvalue weighted by atomic mass is 19.4. The van der Waals surface area contributed by atoms with Gasteiger partial charge in [-0.15, -0.1) is 0 Å². The molecule has 0 bridgehead atoms. The van der Waals surface area contributed by atoms with E-state index in [9.17, 15) is 22.4 Å². The fraction of sp³-hybridized carbons (Fsp3) is 0.606. The maximum Gasteiger partial charge on any atom is 0.416 e. The Hall–Kier alpha value is -2.25. The molecule has 0 amide bonds. The predicted octanol–water partition coefficient (Wildman–Crippen LogP) is 9.99. The van der Waals surface area contributed by atoms with Crippen molar-refractivity contribution in [3.05, 3.63) is 70.7 Å². The van der Waals surface area contributed by atoms with Gasteiger partial charge in [-0.1, -0.05) is 90.2 Å². The molecule has 1 aliphatic carbocycles. The van der Waals surface area contributed by atoms with E-state index in [1.165, 1.54) is 32.6 Å². The lowest BCUT2D eigenvalue weighted by atomic mass is 9.89. The number of rotatable bonds is 12. The van der Waals surface area contributed by atoms with Gasteiger partial charge in [0.1, 0.15) is 11.6 Å². The van der Waals surface area contributed by atoms with Gasteiger partial charge in [-0.2, -0.15) is 13.2 Å². The smallest absolute Gasteiger partial charge is 0.324 e. The normalized spacial score (nSPS) is 14.9. The van der Waals surface area contributed by atoms with Gasteiger partial charge in [-0.25, -0.2) is 4.39 Å². The number of hydrogen-bond donors (Lipinski definition) is 1. The number of Topliss-reactive ketones (excluding diaryl/α,β-unsaturated/α-hetero) is 1. The molecule has 0 atom stereocenters. The first-order valence-electron chi connectivity index (χ1n) is 14.4. The average molecular weight is 573 g/mol. The number of hydrogen-bond acceptors (Lipinski definition) is 3. The topological polar surface area (TPSA) is 46.3 Å². The van der Waals surface area contributed by atoms with Crippen molar-refractivity contribution in [3.63, 3.8) is 0 Å². The molecule has 1 fully saturated rings. The van der Waals surface area contributed by atoms with E-state index >= 15 is 0 Å². The molecule has 0 saturated heterocycles. The minimum absolute atomic E-state index is 0.0324. The third-order valence-corrected chi connectivity index (χ3v) is 5.64. The van der Waals surface area contributed by atoms with Crippen LogP contribution in [0.3, 0.4) is 0 Å². The van der Waals surface area contributed by atoms with E-state index in [0.717, 1.165) is 30.2 Å². The lowest BCUT2D eigenvalue weighted by molar-refractivity contribution is -0.115. The third kappa shape index (κ3) is 22.6. The SMILES string of the molecule is C1CCC1.C=C\C(F)=C/C(=C(CCC)/C(=C/C=C(/C)CCN(C)C)C(/C)=C\CC)C(F)(F)F.CC.CC(=O)CN. The van der Waals surface area contributed by atoms with E-state index in [0.29, 0.717) is 24.5 Å². The minimum atomic E-state index is -4.67. The molecular formula is C33H56F4N2O. The van der Waals surface area contributed by atoms with Gasteiger partial charge in [-0.05, 0) is 83.0 Å². The van der Waals surface area contributed by atoms with Gasteiger partial charge in [0.15, 0.2) is 0 Å². The summed E-state index contributed by atoms with van der Waals surface area (Å²) in [6, 6.07) is 0. The Morgan fingerprint density at radius 2 is 1.48 bits per heavy atom. The van der Waals surface area contributed by atoms with Crippen LogP contribution in [0.15, 0.2) is 70.7 Å². The Morgan fingerprint density at radius 3 is 1.80 bits per heavy atom. The molecule has 0 spiro atoms. The lowest BCUT2D eigenvalue weighted by Crippen LogP contribution is -2.15. The molecule has 0 radical (unpaired) electrons. The number of ketones is 1. The molecule has 40 heavy (non-hydrogen) atoms. The molecule has 1 saturated carbocycles. The van der Waals surface area contributed by atoms with Crippen molar-refractivity contribution in [2.24, 2.45) is 5.73 Å². The van der Waals surface area contributed by atoms with E-state index < -0.39 is 17.6 Å². The lowest BCUT2D eigenvalue weighted by Gasteiger charge is -2.19. The van der Waals surface area contributed by atoms with Crippen LogP contribution in [-0.2, 0) is 4.79 Å². The Kier molecular flexibility index (Phi) is 27.1. The molecule has 1 rings (SSSR count). The summed E-state index contributed by atoms with van der Waals surface area (Å²) in [6.45, 7) is 17.2. The van der Waals surface area contributed by atoms with Crippen LogP contribution in [0.25, 0.3) is 0 Å². The highest BCUT2D eigenvalue weighted by Gasteiger charge is 2.35. The summed E-state index contributed by atoms with van der Waals surface area (Å²) in [6.07, 6.45) is 10.4. The number of carbonyl (C=O) groups is 1. The fourth-order valence-corrected chi connectivity index (χ4v) is 3.05. The van der Waals surface area contributed by atoms with Crippen molar-refractivity contribution in [2.45, 2.75) is 106 Å². The van der Waals surface area contributed by atoms with E-state index in [1.54, 1.807) is 13.0 Å². The summed E-state index contributed by atoms with van der Waals surface area (Å²) in [7, 11) is 3.95. The Bertz CT molecular complexity index is 852. The maximum atomic E-state index is 13.8. The molecule has 0 aromatic carbocycles. The van der Waals surface area contributed by atoms with Crippen molar-refractivity contribution in [1.29, 1.82) is 0 Å². The molecule has 0 unspecified atom stereocenters. The van der Waals surface area contributed by atoms with E-state index in [-0.39, 0.29) is 24.3 Å². The second-order valence-corrected chi connectivity index (χ2v) is 9.64. The minimum Gasteiger partial charge on any atom is -0.324 e. The van der Waals surface area contributed by atoms with E-state index in [4.69, 9.17) is 5.73 Å². The van der Waals surface area contributed by atoms with Crippen LogP contribution in [0.1, 0.15) is 99.8 Å². The monoisotopic (exact) mass is 572 g/mol. The van der Waals surface area contributed by atoms with Crippen molar-refractivity contribution in [2.75, 3.05) is 27.2 Å². The van der Waals surface area contributed by atoms with Crippen LogP contribution >= 0.6 is 0 Å². The molecule has 0 heterocycles. The zero-order chi connectivity index (χ0) is 31.7. The second kappa shape index (κ2) is 25.7. The van der Waals surface area contributed by atoms with Crippen molar-refractivity contribution in [1.82, 2.24) is 4.90 Å². The van der Waals surface area contributed by atoms with Gasteiger partial charge in [0.25, 0.3) is 0 Å². The second-order valence-electron chi connectivity index (χ2n) is 9.64. The third-order valence-electron chi connectivity index (χ3n) is 5.64. The quantitative estimate of drug-likeness (QED) is 0.187. The molecule has 0 aromatic heterocycles. The number of alkyl halides is 3. The van der Waals surface area contributed by atoms with Crippen LogP contribution in [0.5, 0.6) is 0 Å². The fourth-order valence-electron chi connectivity index (χ4n) is 3.05. The predicted molar refractivity (Wildman–Crippen MR) is 166 cm³/mol. The summed E-state index contributed by atoms with van der Waals surface area (Å²) >= 11 is 0. The Labute approximate surface area is 242 Å². The zero-order valence-electron chi connectivity index (χ0n) is 26.6. The number of nitrogens with zero attached hydrogens (tertiary/aromatic N) is 1. The molecule has 0 aromatic rings. The summed E-state index contributed by atoms with van der Waals surface area (Å²) in [5.41, 5.74) is 6.29. The molecular weight excluding hydrogens is 516 g/mol. The maximum absolute atomic E-state index is 13.8. The van der Waals surface area contributed by atoms with E-state index in [2.05, 4.69) is 11.5 Å². The molecule has 3 nitrogen and oxygen atoms in total. The van der Waals surface area contributed by atoms with E-state index in [1.807, 2.05) is 60.9 Å². The van der Waals surface area contributed by atoms with Gasteiger partial charge in [0.2, 0.25) is 0 Å². The Morgan fingerprint density at radius 1 is 0.975 bits per heavy atom. The zero-order valence-corrected chi connectivity index (χ0v) is 26.6. The average Bonchev–Trinajstić information content (AvgIpc) is 2.85. The highest BCUT2D eigenvalue weighted by molar-refractivity contribution is 5.77. The van der Waals surface area contributed by atoms with Crippen LogP contribution in [0.2, 0.25) is 0 Å². The molecule has 0 aliphatic heterocycles. The molecule has 1 aliphatic rings. The van der Waals surface area contributed by atoms with Crippen LogP contribution in [-0.4, -0.2) is 44.0 Å². The van der Waals surface area contributed by atoms with Gasteiger partial charge < -0.3 is 10.6 Å². The molecule has 7 heteroatoms. The van der Waals surface area contributed by atoms with Crippen LogP contribution in [0.4, 0.5) is 17.6 Å². The van der Waals surface area contributed by atoms with Gasteiger partial charge in [0, 0.05) is 6.54 Å². The summed E-state index contributed by atoms with van der Waals surface area (Å²) in [5.74, 6) is -0.967. The largest absolute Gasteiger partial charge is 0.416 e. The first-order valence-corrected chi connectivity index (χ1v) is 14.4. The summed E-state index contributed by atoms with van der Waals surface area (Å²) in [5, 5.41) is 0. The summed E-state index contributed by atoms with van der Waals surface area (Å²) in [4.78, 5) is 11.7. The molecule has 2 N–H and O–H groups in total. The van der Waals surface area contributed by atoms with Gasteiger partial charge >= 0.3 is 6.18 Å². The first-order chi connectivity index (χ1) is 18.7. The standard InChI is InChI=1S/C24H35F4N.C4H8.C3H7NO.C2H6/c1-8-11-19(5)21(14-13-18(4)15-16-29(6)7)22(12-9-2)23(24(26,27)28)17-20(25)10-3;1-2-4-3-1;1-3(5)2-4;1-2/h10-11,13-14,17H,3,8-9,12,15-16H2,1-2,4-7H3;1-4H2;2,4H2,1H3;1-2H3/b18-13-,19-11-,20-17+,21-14+,23-22-;;;. The number of halogens is 4. The molecule has 232 valence electrons. The van der Waals surface area contributed by atoms with Gasteiger partial charge in [-0.3, -0.25) is 4.79 Å². The number of carbonyl (C=O) groups excluding carboxylic acids is 1. The van der Waals surface area contributed by atoms with Crippen molar-refractivity contribution in [3.8, 4) is 0 Å². The van der Waals surface area contributed by atoms with Crippen LogP contribution in [0, 0.1) is 0 Å². The van der Waals surface area contributed by atoms with Crippen molar-refractivity contribution >= 4 is 5.78 Å². The van der Waals surface area contributed by atoms with Crippen LogP contribution < -0.4 is 5.73 Å². The summed E-state index contributed by atoms with van der Waals surface area (Å²) < 4.78 is 55.3. The number of allylic oxidation sites excluding steroid dienone is 10. The van der Waals surface area contributed by atoms with Gasteiger partial charge in [0.05, 0.1) is 12.1 Å².